The van der Waals surface area contributed by atoms with Crippen molar-refractivity contribution in [3.63, 3.8) is 0 Å². The predicted octanol–water partition coefficient (Wildman–Crippen LogP) is 1.19. The van der Waals surface area contributed by atoms with E-state index < -0.39 is 6.04 Å². The zero-order valence-electron chi connectivity index (χ0n) is 8.93. The van der Waals surface area contributed by atoms with Crippen LogP contribution in [0, 0.1) is 12.3 Å². The SMILES string of the molecule is C#CCC(N)c1nc(C(CC)OC)no1. The maximum Gasteiger partial charge on any atom is 0.244 e. The number of nitrogens with zero attached hydrogens (tertiary/aromatic N) is 2. The summed E-state index contributed by atoms with van der Waals surface area (Å²) in [6, 6.07) is -0.398. The molecule has 82 valence electrons. The third-order valence-electron chi connectivity index (χ3n) is 2.06. The first-order valence-electron chi connectivity index (χ1n) is 4.78. The summed E-state index contributed by atoms with van der Waals surface area (Å²) in [5.74, 6) is 3.32. The largest absolute Gasteiger partial charge is 0.373 e. The van der Waals surface area contributed by atoms with Crippen LogP contribution >= 0.6 is 0 Å². The quantitative estimate of drug-likeness (QED) is 0.737. The number of rotatable bonds is 5. The van der Waals surface area contributed by atoms with Gasteiger partial charge in [-0.3, -0.25) is 0 Å². The van der Waals surface area contributed by atoms with Crippen LogP contribution < -0.4 is 5.73 Å². The molecule has 1 rings (SSSR count). The Morgan fingerprint density at radius 3 is 2.93 bits per heavy atom. The molecule has 1 aromatic rings. The van der Waals surface area contributed by atoms with Crippen LogP contribution in [0.4, 0.5) is 0 Å². The molecule has 15 heavy (non-hydrogen) atoms. The highest BCUT2D eigenvalue weighted by atomic mass is 16.5. The van der Waals surface area contributed by atoms with Crippen molar-refractivity contribution < 1.29 is 9.26 Å². The van der Waals surface area contributed by atoms with Crippen LogP contribution in [-0.4, -0.2) is 17.3 Å². The molecule has 0 amide bonds. The van der Waals surface area contributed by atoms with E-state index in [9.17, 15) is 0 Å². The van der Waals surface area contributed by atoms with Crippen molar-refractivity contribution in [1.82, 2.24) is 10.1 Å². The summed E-state index contributed by atoms with van der Waals surface area (Å²) in [6.45, 7) is 1.98. The molecule has 1 aromatic heterocycles. The molecule has 5 nitrogen and oxygen atoms in total. The van der Waals surface area contributed by atoms with Gasteiger partial charge in [-0.25, -0.2) is 0 Å². The smallest absolute Gasteiger partial charge is 0.244 e. The van der Waals surface area contributed by atoms with Crippen LogP contribution in [0.2, 0.25) is 0 Å². The molecule has 0 aromatic carbocycles. The first-order valence-corrected chi connectivity index (χ1v) is 4.78. The van der Waals surface area contributed by atoms with Gasteiger partial charge < -0.3 is 15.0 Å². The van der Waals surface area contributed by atoms with E-state index in [1.165, 1.54) is 0 Å². The van der Waals surface area contributed by atoms with Crippen LogP contribution in [-0.2, 0) is 4.74 Å². The van der Waals surface area contributed by atoms with Gasteiger partial charge in [-0.2, -0.15) is 4.98 Å². The van der Waals surface area contributed by atoms with Crippen molar-refractivity contribution in [3.8, 4) is 12.3 Å². The Morgan fingerprint density at radius 2 is 2.40 bits per heavy atom. The second-order valence-electron chi connectivity index (χ2n) is 3.14. The third kappa shape index (κ3) is 2.78. The summed E-state index contributed by atoms with van der Waals surface area (Å²) >= 11 is 0. The number of terminal acetylenes is 1. The lowest BCUT2D eigenvalue weighted by atomic mass is 10.2. The minimum atomic E-state index is -0.398. The first kappa shape index (κ1) is 11.7. The second kappa shape index (κ2) is 5.49. The Morgan fingerprint density at radius 1 is 1.67 bits per heavy atom. The molecule has 0 spiro atoms. The van der Waals surface area contributed by atoms with Crippen LogP contribution in [0.5, 0.6) is 0 Å². The summed E-state index contributed by atoms with van der Waals surface area (Å²) in [6.07, 6.45) is 6.15. The summed E-state index contributed by atoms with van der Waals surface area (Å²) in [7, 11) is 1.60. The molecule has 0 bridgehead atoms. The maximum absolute atomic E-state index is 5.72. The highest BCUT2D eigenvalue weighted by molar-refractivity contribution is 4.99. The van der Waals surface area contributed by atoms with Crippen molar-refractivity contribution in [1.29, 1.82) is 0 Å². The van der Waals surface area contributed by atoms with Gasteiger partial charge in [0.25, 0.3) is 0 Å². The second-order valence-corrected chi connectivity index (χ2v) is 3.14. The average molecular weight is 209 g/mol. The zero-order chi connectivity index (χ0) is 11.3. The number of methoxy groups -OCH3 is 1. The van der Waals surface area contributed by atoms with Crippen molar-refractivity contribution in [2.24, 2.45) is 5.73 Å². The minimum Gasteiger partial charge on any atom is -0.373 e. The molecule has 2 N–H and O–H groups in total. The van der Waals surface area contributed by atoms with Gasteiger partial charge in [0.05, 0.1) is 6.04 Å². The summed E-state index contributed by atoms with van der Waals surface area (Å²) in [5, 5.41) is 3.80. The zero-order valence-corrected chi connectivity index (χ0v) is 8.93. The number of nitrogens with two attached hydrogens (primary N) is 1. The van der Waals surface area contributed by atoms with Gasteiger partial charge >= 0.3 is 0 Å². The first-order chi connectivity index (χ1) is 7.22. The Balaban J connectivity index is 2.75. The van der Waals surface area contributed by atoms with Crippen LogP contribution in [0.3, 0.4) is 0 Å². The molecule has 1 heterocycles. The molecular formula is C10H15N3O2. The lowest BCUT2D eigenvalue weighted by molar-refractivity contribution is 0.0903. The maximum atomic E-state index is 5.72. The van der Waals surface area contributed by atoms with E-state index in [1.807, 2.05) is 6.92 Å². The molecule has 0 aliphatic carbocycles. The molecule has 0 radical (unpaired) electrons. The number of ether oxygens (including phenoxy) is 1. The Bertz CT molecular complexity index is 339. The Labute approximate surface area is 89.0 Å². The Kier molecular flexibility index (Phi) is 4.28. The van der Waals surface area contributed by atoms with Crippen molar-refractivity contribution in [2.45, 2.75) is 31.9 Å². The van der Waals surface area contributed by atoms with Crippen LogP contribution in [0.15, 0.2) is 4.52 Å². The Hall–Kier alpha value is -1.38. The van der Waals surface area contributed by atoms with E-state index in [-0.39, 0.29) is 6.10 Å². The molecule has 5 heteroatoms. The van der Waals surface area contributed by atoms with Crippen LogP contribution in [0.1, 0.15) is 43.6 Å². The predicted molar refractivity (Wildman–Crippen MR) is 54.7 cm³/mol. The number of aromatic nitrogens is 2. The van der Waals surface area contributed by atoms with Crippen molar-refractivity contribution in [2.75, 3.05) is 7.11 Å². The molecule has 2 unspecified atom stereocenters. The van der Waals surface area contributed by atoms with Gasteiger partial charge in [0, 0.05) is 13.5 Å². The highest BCUT2D eigenvalue weighted by Crippen LogP contribution is 2.19. The van der Waals surface area contributed by atoms with Crippen molar-refractivity contribution in [3.05, 3.63) is 11.7 Å². The standard InChI is InChI=1S/C10H15N3O2/c1-4-6-7(11)10-12-9(13-15-10)8(5-2)14-3/h1,7-8H,5-6,11H2,2-3H3. The van der Waals surface area contributed by atoms with E-state index in [1.54, 1.807) is 7.11 Å². The van der Waals surface area contributed by atoms with Gasteiger partial charge in [0.2, 0.25) is 11.7 Å². The highest BCUT2D eigenvalue weighted by Gasteiger charge is 2.18. The number of hydrogen-bond donors (Lipinski definition) is 1. The topological polar surface area (TPSA) is 74.2 Å². The van der Waals surface area contributed by atoms with Crippen LogP contribution in [0.25, 0.3) is 0 Å². The van der Waals surface area contributed by atoms with E-state index in [0.717, 1.165) is 6.42 Å². The van der Waals surface area contributed by atoms with Gasteiger partial charge in [-0.1, -0.05) is 12.1 Å². The van der Waals surface area contributed by atoms with E-state index >= 15 is 0 Å². The minimum absolute atomic E-state index is 0.152. The van der Waals surface area contributed by atoms with E-state index in [2.05, 4.69) is 16.1 Å². The monoisotopic (exact) mass is 209 g/mol. The summed E-state index contributed by atoms with van der Waals surface area (Å²) < 4.78 is 10.2. The lowest BCUT2D eigenvalue weighted by Gasteiger charge is -2.06. The molecule has 0 saturated heterocycles. The van der Waals surface area contributed by atoms with Gasteiger partial charge in [-0.05, 0) is 6.42 Å². The lowest BCUT2D eigenvalue weighted by Crippen LogP contribution is -2.10. The molecule has 0 aliphatic rings. The molecule has 0 aliphatic heterocycles. The average Bonchev–Trinajstić information content (AvgIpc) is 2.69. The molecular weight excluding hydrogens is 194 g/mol. The fourth-order valence-electron chi connectivity index (χ4n) is 1.20. The van der Waals surface area contributed by atoms with Crippen molar-refractivity contribution >= 4 is 0 Å². The molecule has 0 fully saturated rings. The molecule has 0 saturated carbocycles. The van der Waals surface area contributed by atoms with E-state index in [4.69, 9.17) is 21.4 Å². The fourth-order valence-corrected chi connectivity index (χ4v) is 1.20. The fraction of sp³-hybridized carbons (Fsp3) is 0.600. The summed E-state index contributed by atoms with van der Waals surface area (Å²) in [4.78, 5) is 4.15. The van der Waals surface area contributed by atoms with Gasteiger partial charge in [-0.15, -0.1) is 12.3 Å². The summed E-state index contributed by atoms with van der Waals surface area (Å²) in [5.41, 5.74) is 5.72. The van der Waals surface area contributed by atoms with Gasteiger partial charge in [0.1, 0.15) is 6.10 Å². The molecule has 2 atom stereocenters. The normalized spacial score (nSPS) is 14.5. The van der Waals surface area contributed by atoms with Gasteiger partial charge in [0.15, 0.2) is 0 Å². The van der Waals surface area contributed by atoms with E-state index in [0.29, 0.717) is 18.1 Å². The number of hydrogen-bond acceptors (Lipinski definition) is 5. The third-order valence-corrected chi connectivity index (χ3v) is 2.06.